The van der Waals surface area contributed by atoms with Crippen molar-refractivity contribution in [3.63, 3.8) is 0 Å². The topological polar surface area (TPSA) is 69.4 Å². The van der Waals surface area contributed by atoms with E-state index in [4.69, 9.17) is 11.6 Å². The summed E-state index contributed by atoms with van der Waals surface area (Å²) in [5.74, 6) is 0. The Balaban J connectivity index is 1.93. The van der Waals surface area contributed by atoms with E-state index in [0.717, 1.165) is 5.69 Å². The van der Waals surface area contributed by atoms with E-state index in [1.54, 1.807) is 10.7 Å². The average Bonchev–Trinajstić information content (AvgIpc) is 2.88. The SMILES string of the molecule is Clc1cc(Sc2nnnn2-c2ccccc2)ncn1. The molecule has 2 aromatic heterocycles. The third-order valence-electron chi connectivity index (χ3n) is 2.25. The molecule has 0 unspecified atom stereocenters. The highest BCUT2D eigenvalue weighted by molar-refractivity contribution is 7.99. The van der Waals surface area contributed by atoms with Crippen molar-refractivity contribution in [1.82, 2.24) is 30.2 Å². The van der Waals surface area contributed by atoms with Crippen LogP contribution in [0.5, 0.6) is 0 Å². The highest BCUT2D eigenvalue weighted by atomic mass is 35.5. The first-order valence-electron chi connectivity index (χ1n) is 5.32. The molecule has 3 rings (SSSR count). The molecule has 2 heterocycles. The van der Waals surface area contributed by atoms with Crippen LogP contribution in [0, 0.1) is 0 Å². The van der Waals surface area contributed by atoms with Gasteiger partial charge in [0.25, 0.3) is 0 Å². The third-order valence-corrected chi connectivity index (χ3v) is 3.32. The molecule has 0 N–H and O–H groups in total. The summed E-state index contributed by atoms with van der Waals surface area (Å²) in [6.45, 7) is 0. The molecule has 0 bridgehead atoms. The van der Waals surface area contributed by atoms with Crippen molar-refractivity contribution in [1.29, 1.82) is 0 Å². The first kappa shape index (κ1) is 12.1. The fraction of sp³-hybridized carbons (Fsp3) is 0. The number of rotatable bonds is 3. The molecule has 1 aromatic carbocycles. The Morgan fingerprint density at radius 1 is 1.11 bits per heavy atom. The molecule has 94 valence electrons. The van der Waals surface area contributed by atoms with Gasteiger partial charge in [0.15, 0.2) is 0 Å². The lowest BCUT2D eigenvalue weighted by molar-refractivity contribution is 0.756. The van der Waals surface area contributed by atoms with Crippen molar-refractivity contribution >= 4 is 23.4 Å². The minimum Gasteiger partial charge on any atom is -0.229 e. The average molecular weight is 291 g/mol. The molecule has 0 radical (unpaired) electrons. The first-order valence-corrected chi connectivity index (χ1v) is 6.51. The molecule has 8 heteroatoms. The second-order valence-corrected chi connectivity index (χ2v) is 4.86. The number of aromatic nitrogens is 6. The van der Waals surface area contributed by atoms with Gasteiger partial charge >= 0.3 is 0 Å². The highest BCUT2D eigenvalue weighted by Gasteiger charge is 2.10. The van der Waals surface area contributed by atoms with Crippen LogP contribution in [0.3, 0.4) is 0 Å². The molecule has 0 amide bonds. The minimum atomic E-state index is 0.385. The molecule has 0 fully saturated rings. The van der Waals surface area contributed by atoms with Crippen LogP contribution < -0.4 is 0 Å². The number of tetrazole rings is 1. The van der Waals surface area contributed by atoms with Gasteiger partial charge in [0, 0.05) is 6.07 Å². The molecule has 0 saturated heterocycles. The fourth-order valence-electron chi connectivity index (χ4n) is 1.44. The number of benzene rings is 1. The van der Waals surface area contributed by atoms with Crippen molar-refractivity contribution in [2.45, 2.75) is 10.2 Å². The molecule has 0 spiro atoms. The highest BCUT2D eigenvalue weighted by Crippen LogP contribution is 2.25. The van der Waals surface area contributed by atoms with Crippen molar-refractivity contribution in [2.75, 3.05) is 0 Å². The second kappa shape index (κ2) is 5.33. The van der Waals surface area contributed by atoms with Gasteiger partial charge in [-0.1, -0.05) is 29.8 Å². The van der Waals surface area contributed by atoms with E-state index >= 15 is 0 Å². The van der Waals surface area contributed by atoms with Gasteiger partial charge in [0.1, 0.15) is 16.5 Å². The van der Waals surface area contributed by atoms with Gasteiger partial charge in [-0.2, -0.15) is 4.68 Å². The molecular formula is C11H7ClN6S. The van der Waals surface area contributed by atoms with Crippen molar-refractivity contribution in [3.05, 3.63) is 47.9 Å². The zero-order valence-corrected chi connectivity index (χ0v) is 11.1. The fourth-order valence-corrected chi connectivity index (χ4v) is 2.42. The van der Waals surface area contributed by atoms with Gasteiger partial charge in [-0.25, -0.2) is 9.97 Å². The number of nitrogens with zero attached hydrogens (tertiary/aromatic N) is 6. The summed E-state index contributed by atoms with van der Waals surface area (Å²) >= 11 is 7.14. The first-order chi connectivity index (χ1) is 9.33. The summed E-state index contributed by atoms with van der Waals surface area (Å²) < 4.78 is 1.64. The Bertz CT molecular complexity index is 686. The molecule has 6 nitrogen and oxygen atoms in total. The normalized spacial score (nSPS) is 10.6. The molecule has 0 aliphatic heterocycles. The van der Waals surface area contributed by atoms with Crippen molar-refractivity contribution in [3.8, 4) is 5.69 Å². The quantitative estimate of drug-likeness (QED) is 0.689. The van der Waals surface area contributed by atoms with Crippen LogP contribution in [0.4, 0.5) is 0 Å². The van der Waals surface area contributed by atoms with Gasteiger partial charge in [0.2, 0.25) is 5.16 Å². The predicted octanol–water partition coefficient (Wildman–Crippen LogP) is 2.26. The van der Waals surface area contributed by atoms with E-state index in [0.29, 0.717) is 15.3 Å². The van der Waals surface area contributed by atoms with Crippen LogP contribution in [0.2, 0.25) is 5.15 Å². The summed E-state index contributed by atoms with van der Waals surface area (Å²) in [6, 6.07) is 11.3. The summed E-state index contributed by atoms with van der Waals surface area (Å²) in [7, 11) is 0. The van der Waals surface area contributed by atoms with Gasteiger partial charge in [0.05, 0.1) is 5.69 Å². The predicted molar refractivity (Wildman–Crippen MR) is 70.3 cm³/mol. The van der Waals surface area contributed by atoms with Crippen LogP contribution in [0.25, 0.3) is 5.69 Å². The molecule has 0 aliphatic rings. The monoisotopic (exact) mass is 290 g/mol. The van der Waals surface area contributed by atoms with Crippen LogP contribution >= 0.6 is 23.4 Å². The summed E-state index contributed by atoms with van der Waals surface area (Å²) in [6.07, 6.45) is 1.40. The minimum absolute atomic E-state index is 0.385. The Labute approximate surface area is 117 Å². The molecule has 3 aromatic rings. The van der Waals surface area contributed by atoms with Crippen LogP contribution in [-0.2, 0) is 0 Å². The summed E-state index contributed by atoms with van der Waals surface area (Å²) in [5.41, 5.74) is 0.884. The van der Waals surface area contributed by atoms with E-state index < -0.39 is 0 Å². The van der Waals surface area contributed by atoms with Crippen LogP contribution in [0.1, 0.15) is 0 Å². The number of hydrogen-bond acceptors (Lipinski definition) is 6. The number of hydrogen-bond donors (Lipinski definition) is 0. The van der Waals surface area contributed by atoms with Gasteiger partial charge in [-0.15, -0.1) is 5.10 Å². The Kier molecular flexibility index (Phi) is 3.39. The largest absolute Gasteiger partial charge is 0.229 e. The van der Waals surface area contributed by atoms with Crippen molar-refractivity contribution in [2.24, 2.45) is 0 Å². The summed E-state index contributed by atoms with van der Waals surface area (Å²) in [4.78, 5) is 7.94. The summed E-state index contributed by atoms with van der Waals surface area (Å²) in [5, 5.41) is 13.3. The Morgan fingerprint density at radius 2 is 1.95 bits per heavy atom. The number of para-hydroxylation sites is 1. The lowest BCUT2D eigenvalue weighted by atomic mass is 10.3. The molecule has 0 atom stereocenters. The maximum atomic E-state index is 5.82. The molecular weight excluding hydrogens is 284 g/mol. The standard InChI is InChI=1S/C11H7ClN6S/c12-9-6-10(14-7-13-9)19-11-15-16-17-18(11)8-4-2-1-3-5-8/h1-7H. The second-order valence-electron chi connectivity index (χ2n) is 3.49. The van der Waals surface area contributed by atoms with Gasteiger partial charge in [-0.05, 0) is 34.3 Å². The van der Waals surface area contributed by atoms with E-state index in [1.165, 1.54) is 18.1 Å². The van der Waals surface area contributed by atoms with Gasteiger partial charge < -0.3 is 0 Å². The molecule has 19 heavy (non-hydrogen) atoms. The Hall–Kier alpha value is -1.99. The van der Waals surface area contributed by atoms with Crippen LogP contribution in [0.15, 0.2) is 52.9 Å². The van der Waals surface area contributed by atoms with Crippen LogP contribution in [-0.4, -0.2) is 30.2 Å². The molecule has 0 aliphatic carbocycles. The molecule has 0 saturated carbocycles. The lowest BCUT2D eigenvalue weighted by Crippen LogP contribution is -1.98. The third kappa shape index (κ3) is 2.72. The maximum absolute atomic E-state index is 5.82. The van der Waals surface area contributed by atoms with Gasteiger partial charge in [-0.3, -0.25) is 0 Å². The van der Waals surface area contributed by atoms with E-state index in [2.05, 4.69) is 25.5 Å². The smallest absolute Gasteiger partial charge is 0.220 e. The van der Waals surface area contributed by atoms with E-state index in [9.17, 15) is 0 Å². The zero-order valence-electron chi connectivity index (χ0n) is 9.51. The Morgan fingerprint density at radius 3 is 2.74 bits per heavy atom. The zero-order chi connectivity index (χ0) is 13.1. The lowest BCUT2D eigenvalue weighted by Gasteiger charge is -2.03. The van der Waals surface area contributed by atoms with E-state index in [-0.39, 0.29) is 0 Å². The maximum Gasteiger partial charge on any atom is 0.220 e. The number of halogens is 1. The van der Waals surface area contributed by atoms with Crippen molar-refractivity contribution < 1.29 is 0 Å². The van der Waals surface area contributed by atoms with E-state index in [1.807, 2.05) is 30.3 Å².